The zero-order chi connectivity index (χ0) is 9.80. The molecule has 2 rings (SSSR count). The van der Waals surface area contributed by atoms with Crippen LogP contribution in [0.2, 0.25) is 0 Å². The van der Waals surface area contributed by atoms with Crippen molar-refractivity contribution < 1.29 is 0 Å². The third-order valence-corrected chi connectivity index (χ3v) is 3.10. The maximum atomic E-state index is 8.75. The minimum absolute atomic E-state index is 0.112. The predicted molar refractivity (Wildman–Crippen MR) is 56.5 cm³/mol. The van der Waals surface area contributed by atoms with E-state index in [-0.39, 0.29) is 5.92 Å². The fraction of sp³-hybridized carbons (Fsp3) is 0.583. The van der Waals surface area contributed by atoms with Crippen LogP contribution in [0.5, 0.6) is 0 Å². The molecule has 2 heteroatoms. The molecule has 0 aromatic carbocycles. The summed E-state index contributed by atoms with van der Waals surface area (Å²) in [6, 6.07) is 2.28. The van der Waals surface area contributed by atoms with Crippen LogP contribution in [0.4, 0.5) is 0 Å². The minimum atomic E-state index is 0.112. The normalized spacial score (nSPS) is 28.2. The molecule has 2 nitrogen and oxygen atoms in total. The van der Waals surface area contributed by atoms with Crippen LogP contribution in [0.3, 0.4) is 0 Å². The van der Waals surface area contributed by atoms with E-state index in [4.69, 9.17) is 5.26 Å². The lowest BCUT2D eigenvalue weighted by Gasteiger charge is -2.25. The van der Waals surface area contributed by atoms with E-state index in [1.165, 1.54) is 18.4 Å². The molecule has 1 unspecified atom stereocenters. The van der Waals surface area contributed by atoms with Gasteiger partial charge in [-0.3, -0.25) is 0 Å². The molecular formula is C12H16N2. The summed E-state index contributed by atoms with van der Waals surface area (Å²) in [5, 5.41) is 12.1. The predicted octanol–water partition coefficient (Wildman–Crippen LogP) is 2.01. The molecule has 0 aromatic heterocycles. The third kappa shape index (κ3) is 2.05. The first kappa shape index (κ1) is 9.48. The van der Waals surface area contributed by atoms with Crippen LogP contribution in [0, 0.1) is 23.2 Å². The van der Waals surface area contributed by atoms with Crippen LogP contribution < -0.4 is 5.32 Å². The van der Waals surface area contributed by atoms with Crippen LogP contribution in [0.15, 0.2) is 23.8 Å². The fourth-order valence-electron chi connectivity index (χ4n) is 2.19. The lowest BCUT2D eigenvalue weighted by atomic mass is 9.85. The van der Waals surface area contributed by atoms with E-state index >= 15 is 0 Å². The van der Waals surface area contributed by atoms with Crippen LogP contribution >= 0.6 is 0 Å². The van der Waals surface area contributed by atoms with E-state index in [9.17, 15) is 0 Å². The minimum Gasteiger partial charge on any atom is -0.317 e. The lowest BCUT2D eigenvalue weighted by molar-refractivity contribution is 0.423. The number of hydrogen-bond acceptors (Lipinski definition) is 2. The number of allylic oxidation sites excluding steroid dienone is 4. The highest BCUT2D eigenvalue weighted by Crippen LogP contribution is 2.27. The molecule has 0 amide bonds. The van der Waals surface area contributed by atoms with Crippen LogP contribution in [0.1, 0.15) is 19.3 Å². The lowest BCUT2D eigenvalue weighted by Crippen LogP contribution is -2.28. The molecule has 0 bridgehead atoms. The van der Waals surface area contributed by atoms with Gasteiger partial charge in [0.1, 0.15) is 0 Å². The highest BCUT2D eigenvalue weighted by atomic mass is 14.9. The highest BCUT2D eigenvalue weighted by molar-refractivity contribution is 5.28. The largest absolute Gasteiger partial charge is 0.317 e. The summed E-state index contributed by atoms with van der Waals surface area (Å²) in [5.74, 6) is 0.840. The summed E-state index contributed by atoms with van der Waals surface area (Å²) >= 11 is 0. The summed E-state index contributed by atoms with van der Waals surface area (Å²) in [6.07, 6.45) is 9.86. The molecule has 0 saturated carbocycles. The van der Waals surface area contributed by atoms with Gasteiger partial charge < -0.3 is 5.32 Å². The Balaban J connectivity index is 1.97. The second-order valence-electron chi connectivity index (χ2n) is 4.06. The Morgan fingerprint density at radius 1 is 1.36 bits per heavy atom. The highest BCUT2D eigenvalue weighted by Gasteiger charge is 2.18. The number of rotatable bonds is 1. The van der Waals surface area contributed by atoms with Gasteiger partial charge in [0, 0.05) is 0 Å². The van der Waals surface area contributed by atoms with E-state index < -0.39 is 0 Å². The Morgan fingerprint density at radius 3 is 2.71 bits per heavy atom. The van der Waals surface area contributed by atoms with Gasteiger partial charge in [0.15, 0.2) is 0 Å². The molecule has 0 radical (unpaired) electrons. The average molecular weight is 188 g/mol. The molecule has 74 valence electrons. The molecule has 1 aliphatic heterocycles. The number of nitriles is 1. The standard InChI is InChI=1S/C12H16N2/c13-9-10-1-3-11(4-2-10)12-5-7-14-8-6-12/h1,3-4,10,12,14H,2,5-8H2. The molecule has 1 atom stereocenters. The smallest absolute Gasteiger partial charge is 0.0700 e. The van der Waals surface area contributed by atoms with E-state index in [1.807, 2.05) is 0 Å². The van der Waals surface area contributed by atoms with Crippen molar-refractivity contribution in [3.05, 3.63) is 23.8 Å². The molecular weight excluding hydrogens is 172 g/mol. The van der Waals surface area contributed by atoms with Gasteiger partial charge in [-0.15, -0.1) is 0 Å². The number of nitrogens with zero attached hydrogens (tertiary/aromatic N) is 1. The summed E-state index contributed by atoms with van der Waals surface area (Å²) in [5.41, 5.74) is 1.46. The number of piperidine rings is 1. The van der Waals surface area contributed by atoms with Gasteiger partial charge in [-0.1, -0.05) is 18.2 Å². The summed E-state index contributed by atoms with van der Waals surface area (Å²) in [7, 11) is 0. The number of nitrogens with one attached hydrogen (secondary N) is 1. The molecule has 1 saturated heterocycles. The summed E-state index contributed by atoms with van der Waals surface area (Å²) < 4.78 is 0. The van der Waals surface area contributed by atoms with Gasteiger partial charge in [-0.05, 0) is 43.8 Å². The number of hydrogen-bond donors (Lipinski definition) is 1. The van der Waals surface area contributed by atoms with Crippen molar-refractivity contribution in [3.8, 4) is 6.07 Å². The quantitative estimate of drug-likeness (QED) is 0.683. The van der Waals surface area contributed by atoms with Gasteiger partial charge in [-0.2, -0.15) is 5.26 Å². The first-order valence-electron chi connectivity index (χ1n) is 5.39. The Morgan fingerprint density at radius 2 is 2.14 bits per heavy atom. The Bertz CT molecular complexity index is 290. The van der Waals surface area contributed by atoms with Gasteiger partial charge in [-0.25, -0.2) is 0 Å². The molecule has 14 heavy (non-hydrogen) atoms. The topological polar surface area (TPSA) is 35.8 Å². The second-order valence-corrected chi connectivity index (χ2v) is 4.06. The van der Waals surface area contributed by atoms with Crippen molar-refractivity contribution in [2.24, 2.45) is 11.8 Å². The van der Waals surface area contributed by atoms with Crippen molar-refractivity contribution in [2.45, 2.75) is 19.3 Å². The Labute approximate surface area is 85.3 Å². The Kier molecular flexibility index (Phi) is 3.00. The van der Waals surface area contributed by atoms with Crippen molar-refractivity contribution in [2.75, 3.05) is 13.1 Å². The SMILES string of the molecule is N#CC1C=CC(C2CCNCC2)=CC1. The van der Waals surface area contributed by atoms with Gasteiger partial charge in [0.05, 0.1) is 12.0 Å². The first-order chi connectivity index (χ1) is 6.90. The van der Waals surface area contributed by atoms with E-state index in [0.717, 1.165) is 25.4 Å². The van der Waals surface area contributed by atoms with Crippen molar-refractivity contribution in [3.63, 3.8) is 0 Å². The monoisotopic (exact) mass is 188 g/mol. The molecule has 1 N–H and O–H groups in total. The zero-order valence-corrected chi connectivity index (χ0v) is 8.37. The van der Waals surface area contributed by atoms with Gasteiger partial charge >= 0.3 is 0 Å². The summed E-state index contributed by atoms with van der Waals surface area (Å²) in [6.45, 7) is 2.27. The van der Waals surface area contributed by atoms with Crippen LogP contribution in [-0.4, -0.2) is 13.1 Å². The third-order valence-electron chi connectivity index (χ3n) is 3.10. The maximum Gasteiger partial charge on any atom is 0.0700 e. The zero-order valence-electron chi connectivity index (χ0n) is 8.37. The average Bonchev–Trinajstić information content (AvgIpc) is 2.30. The fourth-order valence-corrected chi connectivity index (χ4v) is 2.19. The first-order valence-corrected chi connectivity index (χ1v) is 5.39. The maximum absolute atomic E-state index is 8.75. The molecule has 1 fully saturated rings. The molecule has 0 spiro atoms. The van der Waals surface area contributed by atoms with Crippen molar-refractivity contribution >= 4 is 0 Å². The van der Waals surface area contributed by atoms with Gasteiger partial charge in [0.2, 0.25) is 0 Å². The van der Waals surface area contributed by atoms with Crippen LogP contribution in [-0.2, 0) is 0 Å². The van der Waals surface area contributed by atoms with Crippen molar-refractivity contribution in [1.29, 1.82) is 5.26 Å². The molecule has 1 aliphatic carbocycles. The van der Waals surface area contributed by atoms with E-state index in [0.29, 0.717) is 0 Å². The second kappa shape index (κ2) is 4.43. The molecule has 1 heterocycles. The van der Waals surface area contributed by atoms with Crippen LogP contribution in [0.25, 0.3) is 0 Å². The molecule has 2 aliphatic rings. The van der Waals surface area contributed by atoms with Gasteiger partial charge in [0.25, 0.3) is 0 Å². The van der Waals surface area contributed by atoms with E-state index in [1.54, 1.807) is 0 Å². The van der Waals surface area contributed by atoms with Crippen molar-refractivity contribution in [1.82, 2.24) is 5.32 Å². The van der Waals surface area contributed by atoms with E-state index in [2.05, 4.69) is 29.6 Å². The Hall–Kier alpha value is -1.07. The molecule has 0 aromatic rings. The summed E-state index contributed by atoms with van der Waals surface area (Å²) in [4.78, 5) is 0.